The first-order chi connectivity index (χ1) is 11.3. The number of fused-ring (bicyclic) bond motifs is 2. The van der Waals surface area contributed by atoms with E-state index in [1.807, 2.05) is 18.2 Å². The molecule has 0 saturated heterocycles. The lowest BCUT2D eigenvalue weighted by atomic mass is 10.0. The van der Waals surface area contributed by atoms with Gasteiger partial charge < -0.3 is 20.4 Å². The van der Waals surface area contributed by atoms with Crippen molar-refractivity contribution in [3.05, 3.63) is 41.5 Å². The maximum Gasteiger partial charge on any atom is 0.189 e. The van der Waals surface area contributed by atoms with Crippen molar-refractivity contribution >= 4 is 29.9 Å². The summed E-state index contributed by atoms with van der Waals surface area (Å²) in [5.41, 5.74) is 7.19. The van der Waals surface area contributed by atoms with Gasteiger partial charge in [0.15, 0.2) is 11.8 Å². The second kappa shape index (κ2) is 7.37. The van der Waals surface area contributed by atoms with Gasteiger partial charge in [0.1, 0.15) is 18.1 Å². The number of guanidine groups is 1. The van der Waals surface area contributed by atoms with Crippen LogP contribution in [0, 0.1) is 0 Å². The molecule has 1 unspecified atom stereocenters. The first kappa shape index (κ1) is 17.0. The van der Waals surface area contributed by atoms with E-state index < -0.39 is 0 Å². The summed E-state index contributed by atoms with van der Waals surface area (Å²) in [6.07, 6.45) is 3.00. The maximum absolute atomic E-state index is 6.06. The molecule has 2 aliphatic heterocycles. The van der Waals surface area contributed by atoms with Crippen LogP contribution in [0.1, 0.15) is 36.1 Å². The van der Waals surface area contributed by atoms with Crippen LogP contribution in [0.25, 0.3) is 0 Å². The number of nitrogens with two attached hydrogens (primary N) is 1. The SMILES string of the molecule is I.NC(=NCc1nnc2n1CCC2)NC1CCOc2ccccc21. The van der Waals surface area contributed by atoms with Crippen LogP contribution in [-0.4, -0.2) is 27.3 Å². The molecule has 3 N–H and O–H groups in total. The van der Waals surface area contributed by atoms with E-state index in [0.29, 0.717) is 19.1 Å². The lowest BCUT2D eigenvalue weighted by molar-refractivity contribution is 0.262. The number of ether oxygens (including phenoxy) is 1. The molecule has 1 aromatic heterocycles. The van der Waals surface area contributed by atoms with Gasteiger partial charge in [-0.2, -0.15) is 0 Å². The van der Waals surface area contributed by atoms with Gasteiger partial charge >= 0.3 is 0 Å². The van der Waals surface area contributed by atoms with Gasteiger partial charge in [-0.1, -0.05) is 18.2 Å². The monoisotopic (exact) mass is 440 g/mol. The van der Waals surface area contributed by atoms with Crippen LogP contribution in [0.5, 0.6) is 5.75 Å². The number of benzene rings is 1. The normalized spacial score (nSPS) is 19.0. The molecule has 1 aromatic carbocycles. The van der Waals surface area contributed by atoms with Crippen molar-refractivity contribution in [1.82, 2.24) is 20.1 Å². The lowest BCUT2D eigenvalue weighted by Crippen LogP contribution is -2.37. The number of hydrogen-bond acceptors (Lipinski definition) is 4. The van der Waals surface area contributed by atoms with Crippen molar-refractivity contribution in [2.75, 3.05) is 6.61 Å². The molecule has 3 heterocycles. The molecule has 128 valence electrons. The molecule has 0 spiro atoms. The highest BCUT2D eigenvalue weighted by molar-refractivity contribution is 14.0. The maximum atomic E-state index is 6.06. The minimum atomic E-state index is 0. The van der Waals surface area contributed by atoms with Crippen molar-refractivity contribution < 1.29 is 4.74 Å². The van der Waals surface area contributed by atoms with Crippen molar-refractivity contribution in [2.45, 2.75) is 38.4 Å². The van der Waals surface area contributed by atoms with Gasteiger partial charge in [-0.3, -0.25) is 0 Å². The molecule has 0 aliphatic carbocycles. The van der Waals surface area contributed by atoms with Gasteiger partial charge in [0.05, 0.1) is 12.6 Å². The molecular weight excluding hydrogens is 419 g/mol. The van der Waals surface area contributed by atoms with Crippen LogP contribution in [0.4, 0.5) is 0 Å². The first-order valence-electron chi connectivity index (χ1n) is 8.00. The zero-order valence-corrected chi connectivity index (χ0v) is 15.6. The molecule has 8 heteroatoms. The quantitative estimate of drug-likeness (QED) is 0.432. The second-order valence-electron chi connectivity index (χ2n) is 5.86. The Bertz CT molecular complexity index is 744. The van der Waals surface area contributed by atoms with Gasteiger partial charge in [-0.15, -0.1) is 34.2 Å². The Kier molecular flexibility index (Phi) is 5.22. The van der Waals surface area contributed by atoms with Crippen molar-refractivity contribution in [1.29, 1.82) is 0 Å². The highest BCUT2D eigenvalue weighted by Gasteiger charge is 2.21. The molecule has 0 radical (unpaired) electrons. The zero-order valence-electron chi connectivity index (χ0n) is 13.3. The smallest absolute Gasteiger partial charge is 0.189 e. The topological polar surface area (TPSA) is 90.4 Å². The number of rotatable bonds is 3. The zero-order chi connectivity index (χ0) is 15.6. The lowest BCUT2D eigenvalue weighted by Gasteiger charge is -2.26. The van der Waals surface area contributed by atoms with E-state index in [2.05, 4.69) is 31.1 Å². The average Bonchev–Trinajstić information content (AvgIpc) is 3.17. The number of aryl methyl sites for hydroxylation is 1. The number of halogens is 1. The molecule has 2 aromatic rings. The molecule has 2 aliphatic rings. The van der Waals surface area contributed by atoms with Crippen molar-refractivity contribution in [3.63, 3.8) is 0 Å². The van der Waals surface area contributed by atoms with Crippen LogP contribution in [0.2, 0.25) is 0 Å². The Morgan fingerprint density at radius 1 is 1.38 bits per heavy atom. The summed E-state index contributed by atoms with van der Waals surface area (Å²) in [4.78, 5) is 4.43. The highest BCUT2D eigenvalue weighted by Crippen LogP contribution is 2.31. The van der Waals surface area contributed by atoms with Crippen LogP contribution >= 0.6 is 24.0 Å². The Hall–Kier alpha value is -1.84. The van der Waals surface area contributed by atoms with Crippen molar-refractivity contribution in [3.8, 4) is 5.75 Å². The summed E-state index contributed by atoms with van der Waals surface area (Å²) >= 11 is 0. The summed E-state index contributed by atoms with van der Waals surface area (Å²) in [5, 5.41) is 11.7. The molecule has 7 nitrogen and oxygen atoms in total. The summed E-state index contributed by atoms with van der Waals surface area (Å²) in [6, 6.07) is 8.16. The Morgan fingerprint density at radius 3 is 3.17 bits per heavy atom. The predicted molar refractivity (Wildman–Crippen MR) is 102 cm³/mol. The predicted octanol–water partition coefficient (Wildman–Crippen LogP) is 1.77. The van der Waals surface area contributed by atoms with E-state index in [4.69, 9.17) is 10.5 Å². The van der Waals surface area contributed by atoms with E-state index >= 15 is 0 Å². The summed E-state index contributed by atoms with van der Waals surface area (Å²) in [6.45, 7) is 2.12. The third kappa shape index (κ3) is 3.33. The van der Waals surface area contributed by atoms with Gasteiger partial charge in [-0.05, 0) is 12.5 Å². The van der Waals surface area contributed by atoms with Crippen LogP contribution < -0.4 is 15.8 Å². The fourth-order valence-corrected chi connectivity index (χ4v) is 3.20. The summed E-state index contributed by atoms with van der Waals surface area (Å²) < 4.78 is 7.80. The number of nitrogens with zero attached hydrogens (tertiary/aromatic N) is 4. The summed E-state index contributed by atoms with van der Waals surface area (Å²) in [5.74, 6) is 3.29. The van der Waals surface area contributed by atoms with E-state index in [9.17, 15) is 0 Å². The number of para-hydroxylation sites is 1. The number of aliphatic imine (C=N–C) groups is 1. The molecule has 0 amide bonds. The van der Waals surface area contributed by atoms with Gasteiger partial charge in [-0.25, -0.2) is 4.99 Å². The van der Waals surface area contributed by atoms with Gasteiger partial charge in [0, 0.05) is 24.9 Å². The third-order valence-corrected chi connectivity index (χ3v) is 4.36. The molecule has 1 atom stereocenters. The molecule has 24 heavy (non-hydrogen) atoms. The van der Waals surface area contributed by atoms with E-state index in [1.54, 1.807) is 0 Å². The molecule has 0 fully saturated rings. The van der Waals surface area contributed by atoms with E-state index in [1.165, 1.54) is 0 Å². The fraction of sp³-hybridized carbons (Fsp3) is 0.438. The average molecular weight is 440 g/mol. The molecule has 0 saturated carbocycles. The first-order valence-corrected chi connectivity index (χ1v) is 8.00. The second-order valence-corrected chi connectivity index (χ2v) is 5.86. The Balaban J connectivity index is 0.00000169. The van der Waals surface area contributed by atoms with Crippen LogP contribution in [0.3, 0.4) is 0 Å². The number of nitrogens with one attached hydrogen (secondary N) is 1. The number of hydrogen-bond donors (Lipinski definition) is 2. The molecule has 4 rings (SSSR count). The van der Waals surface area contributed by atoms with Crippen molar-refractivity contribution in [2.24, 2.45) is 10.7 Å². The fourth-order valence-electron chi connectivity index (χ4n) is 3.20. The largest absolute Gasteiger partial charge is 0.493 e. The standard InChI is InChI=1S/C16H20N6O.HI/c17-16(18-10-15-21-20-14-6-3-8-22(14)15)19-12-7-9-23-13-5-2-1-4-11(12)13;/h1-2,4-5,12H,3,6-10H2,(H3,17,18,19);1H. The highest BCUT2D eigenvalue weighted by atomic mass is 127. The van der Waals surface area contributed by atoms with Gasteiger partial charge in [0.2, 0.25) is 0 Å². The minimum absolute atomic E-state index is 0. The minimum Gasteiger partial charge on any atom is -0.493 e. The van der Waals surface area contributed by atoms with Crippen LogP contribution in [0.15, 0.2) is 29.3 Å². The van der Waals surface area contributed by atoms with Gasteiger partial charge in [0.25, 0.3) is 0 Å². The molecule has 0 bridgehead atoms. The van der Waals surface area contributed by atoms with E-state index in [-0.39, 0.29) is 30.0 Å². The Morgan fingerprint density at radius 2 is 2.25 bits per heavy atom. The molecular formula is C16H21IN6O. The third-order valence-electron chi connectivity index (χ3n) is 4.36. The number of aromatic nitrogens is 3. The van der Waals surface area contributed by atoms with E-state index in [0.717, 1.165) is 48.8 Å². The summed E-state index contributed by atoms with van der Waals surface area (Å²) in [7, 11) is 0. The Labute approximate surface area is 157 Å². The van der Waals surface area contributed by atoms with Crippen LogP contribution in [-0.2, 0) is 19.5 Å².